The monoisotopic (exact) mass is 457 g/mol. The molecule has 0 spiro atoms. The lowest BCUT2D eigenvalue weighted by Crippen LogP contribution is -2.47. The van der Waals surface area contributed by atoms with Crippen LogP contribution in [0.3, 0.4) is 0 Å². The maximum Gasteiger partial charge on any atom is 0.294 e. The van der Waals surface area contributed by atoms with Gasteiger partial charge < -0.3 is 19.1 Å². The molecule has 34 heavy (non-hydrogen) atoms. The average Bonchev–Trinajstić information content (AvgIpc) is 3.44. The number of piperazine rings is 1. The highest BCUT2D eigenvalue weighted by Crippen LogP contribution is 2.23. The summed E-state index contributed by atoms with van der Waals surface area (Å²) in [5, 5.41) is 0. The third-order valence-electron chi connectivity index (χ3n) is 5.84. The van der Waals surface area contributed by atoms with Gasteiger partial charge in [0, 0.05) is 44.3 Å². The molecule has 0 aliphatic carbocycles. The van der Waals surface area contributed by atoms with Crippen LogP contribution in [0.5, 0.6) is 0 Å². The minimum atomic E-state index is -0.358. The first kappa shape index (κ1) is 21.6. The highest BCUT2D eigenvalue weighted by molar-refractivity contribution is 6.04. The topological polar surface area (TPSA) is 65.7 Å². The summed E-state index contributed by atoms with van der Waals surface area (Å²) in [5.74, 6) is 1.46. The van der Waals surface area contributed by atoms with E-state index in [1.807, 2.05) is 36.5 Å². The van der Waals surface area contributed by atoms with Crippen LogP contribution in [-0.4, -0.2) is 42.1 Å². The molecule has 0 bridgehead atoms. The summed E-state index contributed by atoms with van der Waals surface area (Å²) >= 11 is 0. The van der Waals surface area contributed by atoms with Gasteiger partial charge in [0.1, 0.15) is 17.5 Å². The number of anilines is 3. The van der Waals surface area contributed by atoms with Crippen molar-refractivity contribution in [2.75, 3.05) is 40.9 Å². The van der Waals surface area contributed by atoms with Crippen molar-refractivity contribution in [3.8, 4) is 0 Å². The summed E-state index contributed by atoms with van der Waals surface area (Å²) in [4.78, 5) is 28.2. The van der Waals surface area contributed by atoms with E-state index in [4.69, 9.17) is 4.42 Å². The summed E-state index contributed by atoms with van der Waals surface area (Å²) in [6.45, 7) is 3.72. The Hall–Kier alpha value is -4.20. The van der Waals surface area contributed by atoms with E-state index in [-0.39, 0.29) is 24.0 Å². The summed E-state index contributed by atoms with van der Waals surface area (Å²) in [6, 6.07) is 19.0. The molecular weight excluding hydrogens is 433 g/mol. The molecule has 1 aliphatic rings. The van der Waals surface area contributed by atoms with Crippen molar-refractivity contribution in [2.24, 2.45) is 0 Å². The lowest BCUT2D eigenvalue weighted by molar-refractivity contribution is 0.0958. The van der Waals surface area contributed by atoms with Crippen molar-refractivity contribution >= 4 is 23.2 Å². The van der Waals surface area contributed by atoms with Gasteiger partial charge in [-0.2, -0.15) is 0 Å². The van der Waals surface area contributed by atoms with Gasteiger partial charge in [-0.15, -0.1) is 0 Å². The number of hydrogen-bond donors (Lipinski definition) is 0. The van der Waals surface area contributed by atoms with Gasteiger partial charge in [0.15, 0.2) is 5.76 Å². The van der Waals surface area contributed by atoms with E-state index in [2.05, 4.69) is 19.8 Å². The molecule has 8 heteroatoms. The summed E-state index contributed by atoms with van der Waals surface area (Å²) < 4.78 is 18.8. The second-order valence-electron chi connectivity index (χ2n) is 8.03. The highest BCUT2D eigenvalue weighted by atomic mass is 19.1. The molecule has 0 radical (unpaired) electrons. The maximum atomic E-state index is 13.5. The smallest absolute Gasteiger partial charge is 0.294 e. The molecule has 1 amide bonds. The zero-order valence-corrected chi connectivity index (χ0v) is 18.5. The molecule has 7 nitrogen and oxygen atoms in total. The molecule has 0 atom stereocenters. The van der Waals surface area contributed by atoms with Gasteiger partial charge in [0.05, 0.1) is 12.8 Å². The predicted octanol–water partition coefficient (Wildman–Crippen LogP) is 4.38. The molecule has 3 aromatic heterocycles. The second kappa shape index (κ2) is 9.74. The van der Waals surface area contributed by atoms with Crippen LogP contribution in [0.1, 0.15) is 16.1 Å². The second-order valence-corrected chi connectivity index (χ2v) is 8.03. The molecular formula is C26H24FN5O2. The third-order valence-corrected chi connectivity index (χ3v) is 5.84. The van der Waals surface area contributed by atoms with Gasteiger partial charge in [-0.25, -0.2) is 14.4 Å². The Morgan fingerprint density at radius 3 is 2.21 bits per heavy atom. The molecule has 0 N–H and O–H groups in total. The van der Waals surface area contributed by atoms with E-state index in [9.17, 15) is 9.18 Å². The SMILES string of the molecule is O=C(c1ccco1)N(Cc1ccc(N2CCN(c3ccccn3)CC2)nc1)c1ccc(F)cc1. The standard InChI is InChI=1S/C26H24FN5O2/c27-21-7-9-22(10-8-21)32(26(33)23-4-3-17-34-23)19-20-6-11-25(29-18-20)31-15-13-30(14-16-31)24-5-1-2-12-28-24/h1-12,17-18H,13-16,19H2. The van der Waals surface area contributed by atoms with Crippen LogP contribution in [0.15, 0.2) is 89.8 Å². The first-order valence-corrected chi connectivity index (χ1v) is 11.1. The lowest BCUT2D eigenvalue weighted by atomic mass is 10.2. The molecule has 5 rings (SSSR count). The van der Waals surface area contributed by atoms with Gasteiger partial charge in [-0.1, -0.05) is 12.1 Å². The number of halogens is 1. The van der Waals surface area contributed by atoms with Crippen LogP contribution in [0, 0.1) is 5.82 Å². The van der Waals surface area contributed by atoms with Crippen molar-refractivity contribution in [2.45, 2.75) is 6.54 Å². The predicted molar refractivity (Wildman–Crippen MR) is 129 cm³/mol. The van der Waals surface area contributed by atoms with E-state index in [1.54, 1.807) is 35.4 Å². The number of amides is 1. The van der Waals surface area contributed by atoms with Crippen molar-refractivity contribution in [3.05, 3.63) is 103 Å². The van der Waals surface area contributed by atoms with Crippen LogP contribution in [0.4, 0.5) is 21.7 Å². The third kappa shape index (κ3) is 4.76. The van der Waals surface area contributed by atoms with Gasteiger partial charge in [-0.05, 0) is 60.2 Å². The largest absolute Gasteiger partial charge is 0.459 e. The van der Waals surface area contributed by atoms with E-state index >= 15 is 0 Å². The van der Waals surface area contributed by atoms with Crippen molar-refractivity contribution in [1.29, 1.82) is 0 Å². The fourth-order valence-corrected chi connectivity index (χ4v) is 4.02. The molecule has 0 unspecified atom stereocenters. The van der Waals surface area contributed by atoms with Gasteiger partial charge in [-0.3, -0.25) is 4.79 Å². The fraction of sp³-hybridized carbons (Fsp3) is 0.192. The van der Waals surface area contributed by atoms with E-state index in [0.29, 0.717) is 5.69 Å². The molecule has 1 aliphatic heterocycles. The van der Waals surface area contributed by atoms with Gasteiger partial charge in [0.2, 0.25) is 0 Å². The number of carbonyl (C=O) groups excluding carboxylic acids is 1. The van der Waals surface area contributed by atoms with Crippen LogP contribution in [0.2, 0.25) is 0 Å². The molecule has 4 heterocycles. The number of rotatable bonds is 6. The zero-order valence-electron chi connectivity index (χ0n) is 18.5. The van der Waals surface area contributed by atoms with Crippen molar-refractivity contribution in [3.63, 3.8) is 0 Å². The number of carbonyl (C=O) groups is 1. The Morgan fingerprint density at radius 2 is 1.62 bits per heavy atom. The van der Waals surface area contributed by atoms with Crippen LogP contribution < -0.4 is 14.7 Å². The first-order chi connectivity index (χ1) is 16.7. The molecule has 1 aromatic carbocycles. The van der Waals surface area contributed by atoms with E-state index in [1.165, 1.54) is 18.4 Å². The van der Waals surface area contributed by atoms with Crippen molar-refractivity contribution < 1.29 is 13.6 Å². The highest BCUT2D eigenvalue weighted by Gasteiger charge is 2.22. The van der Waals surface area contributed by atoms with Crippen LogP contribution in [-0.2, 0) is 6.54 Å². The Bertz CT molecular complexity index is 1210. The Balaban J connectivity index is 1.28. The number of nitrogens with zero attached hydrogens (tertiary/aromatic N) is 5. The average molecular weight is 458 g/mol. The normalized spacial score (nSPS) is 13.7. The molecule has 4 aromatic rings. The summed E-state index contributed by atoms with van der Waals surface area (Å²) in [6.07, 6.45) is 5.06. The number of furan rings is 1. The van der Waals surface area contributed by atoms with Crippen LogP contribution >= 0.6 is 0 Å². The summed E-state index contributed by atoms with van der Waals surface area (Å²) in [7, 11) is 0. The first-order valence-electron chi connectivity index (χ1n) is 11.1. The quantitative estimate of drug-likeness (QED) is 0.428. The number of pyridine rings is 2. The molecule has 1 saturated heterocycles. The molecule has 172 valence electrons. The minimum Gasteiger partial charge on any atom is -0.459 e. The maximum absolute atomic E-state index is 13.5. The zero-order chi connectivity index (χ0) is 23.3. The fourth-order valence-electron chi connectivity index (χ4n) is 4.02. The van der Waals surface area contributed by atoms with E-state index < -0.39 is 0 Å². The Morgan fingerprint density at radius 1 is 0.882 bits per heavy atom. The summed E-state index contributed by atoms with van der Waals surface area (Å²) in [5.41, 5.74) is 1.44. The number of aromatic nitrogens is 2. The lowest BCUT2D eigenvalue weighted by Gasteiger charge is -2.36. The Labute approximate surface area is 197 Å². The van der Waals surface area contributed by atoms with Crippen molar-refractivity contribution in [1.82, 2.24) is 9.97 Å². The van der Waals surface area contributed by atoms with Gasteiger partial charge >= 0.3 is 0 Å². The van der Waals surface area contributed by atoms with Gasteiger partial charge in [0.25, 0.3) is 5.91 Å². The number of hydrogen-bond acceptors (Lipinski definition) is 6. The molecule has 1 fully saturated rings. The Kier molecular flexibility index (Phi) is 6.20. The van der Waals surface area contributed by atoms with E-state index in [0.717, 1.165) is 43.4 Å². The number of benzene rings is 1. The van der Waals surface area contributed by atoms with Crippen LogP contribution in [0.25, 0.3) is 0 Å². The molecule has 0 saturated carbocycles. The minimum absolute atomic E-state index is 0.222.